The van der Waals surface area contributed by atoms with E-state index in [1.165, 1.54) is 23.4 Å². The summed E-state index contributed by atoms with van der Waals surface area (Å²) in [5.41, 5.74) is -0.931. The maximum atomic E-state index is 13.4. The number of hydroxylamine groups is 2. The van der Waals surface area contributed by atoms with E-state index in [2.05, 4.69) is 10.1 Å². The van der Waals surface area contributed by atoms with Crippen molar-refractivity contribution >= 4 is 0 Å². The number of hydrogen-bond acceptors (Lipinski definition) is 4. The summed E-state index contributed by atoms with van der Waals surface area (Å²) in [7, 11) is 1.60. The number of alkyl halides is 3. The van der Waals surface area contributed by atoms with Gasteiger partial charge < -0.3 is 0 Å². The number of aromatic nitrogens is 3. The second-order valence-corrected chi connectivity index (χ2v) is 4.46. The molecule has 0 fully saturated rings. The number of hydrogen-bond donors (Lipinski definition) is 0. The van der Waals surface area contributed by atoms with Crippen LogP contribution in [0.2, 0.25) is 0 Å². The Morgan fingerprint density at radius 2 is 2.10 bits per heavy atom. The first-order valence-corrected chi connectivity index (χ1v) is 6.11. The Bertz CT molecular complexity index is 666. The van der Waals surface area contributed by atoms with Crippen molar-refractivity contribution in [2.75, 3.05) is 7.05 Å². The molecule has 8 heteroatoms. The van der Waals surface area contributed by atoms with Gasteiger partial charge in [0.15, 0.2) is 11.5 Å². The lowest BCUT2D eigenvalue weighted by Gasteiger charge is -2.16. The van der Waals surface area contributed by atoms with Crippen LogP contribution in [0.5, 0.6) is 0 Å². The van der Waals surface area contributed by atoms with Gasteiger partial charge in [-0.05, 0) is 18.2 Å². The number of halogens is 3. The van der Waals surface area contributed by atoms with E-state index in [4.69, 9.17) is 4.84 Å². The molecular weight excluding hydrogens is 285 g/mol. The number of pyridine rings is 1. The molecule has 2 aromatic heterocycles. The highest BCUT2D eigenvalue weighted by Crippen LogP contribution is 2.38. The summed E-state index contributed by atoms with van der Waals surface area (Å²) in [6.45, 7) is 0. The molecule has 3 heterocycles. The van der Waals surface area contributed by atoms with E-state index in [9.17, 15) is 13.2 Å². The molecule has 1 aliphatic rings. The van der Waals surface area contributed by atoms with Crippen LogP contribution < -0.4 is 0 Å². The van der Waals surface area contributed by atoms with Crippen LogP contribution in [0, 0.1) is 0 Å². The maximum Gasteiger partial charge on any atom is 0.433 e. The molecule has 0 aliphatic carbocycles. The molecule has 0 N–H and O–H groups in total. The highest BCUT2D eigenvalue weighted by Gasteiger charge is 2.41. The van der Waals surface area contributed by atoms with E-state index in [0.717, 1.165) is 10.9 Å². The Hall–Kier alpha value is -2.35. The molecule has 0 radical (unpaired) electrons. The predicted molar refractivity (Wildman–Crippen MR) is 67.1 cm³/mol. The van der Waals surface area contributed by atoms with Crippen LogP contribution in [0.15, 0.2) is 42.9 Å². The Labute approximate surface area is 118 Å². The lowest BCUT2D eigenvalue weighted by molar-refractivity contribution is -0.148. The summed E-state index contributed by atoms with van der Waals surface area (Å²) in [4.78, 5) is 9.19. The van der Waals surface area contributed by atoms with Gasteiger partial charge in [-0.1, -0.05) is 6.07 Å². The summed E-state index contributed by atoms with van der Waals surface area (Å²) in [6.07, 6.45) is 0.283. The van der Waals surface area contributed by atoms with Crippen molar-refractivity contribution in [3.63, 3.8) is 0 Å². The molecule has 2 aromatic rings. The van der Waals surface area contributed by atoms with Gasteiger partial charge in [-0.15, -0.1) is 0 Å². The normalized spacial score (nSPS) is 18.5. The fourth-order valence-corrected chi connectivity index (χ4v) is 2.12. The predicted octanol–water partition coefficient (Wildman–Crippen LogP) is 2.72. The summed E-state index contributed by atoms with van der Waals surface area (Å²) < 4.78 is 41.0. The van der Waals surface area contributed by atoms with E-state index in [-0.39, 0.29) is 11.4 Å². The highest BCUT2D eigenvalue weighted by molar-refractivity contribution is 5.34. The standard InChI is InChI=1S/C13H11F3N4O/c1-19-7-5-10(21-19)9-8-18-20(12(9)13(14,15)16)11-4-2-3-6-17-11/h2-8,10H,1H3. The zero-order chi connectivity index (χ0) is 15.0. The van der Waals surface area contributed by atoms with Crippen LogP contribution in [0.3, 0.4) is 0 Å². The average molecular weight is 296 g/mol. The quantitative estimate of drug-likeness (QED) is 0.854. The van der Waals surface area contributed by atoms with Gasteiger partial charge in [0.25, 0.3) is 0 Å². The Morgan fingerprint density at radius 3 is 2.67 bits per heavy atom. The van der Waals surface area contributed by atoms with Crippen molar-refractivity contribution in [1.29, 1.82) is 0 Å². The molecule has 1 unspecified atom stereocenters. The zero-order valence-electron chi connectivity index (χ0n) is 10.9. The Balaban J connectivity index is 2.11. The summed E-state index contributed by atoms with van der Waals surface area (Å²) in [5, 5.41) is 5.17. The van der Waals surface area contributed by atoms with Gasteiger partial charge in [-0.2, -0.15) is 18.3 Å². The summed E-state index contributed by atoms with van der Waals surface area (Å²) in [6, 6.07) is 4.69. The molecule has 0 spiro atoms. The molecule has 21 heavy (non-hydrogen) atoms. The minimum atomic E-state index is -4.57. The molecule has 5 nitrogen and oxygen atoms in total. The van der Waals surface area contributed by atoms with Crippen LogP contribution in [0.1, 0.15) is 17.4 Å². The van der Waals surface area contributed by atoms with Gasteiger partial charge >= 0.3 is 6.18 Å². The lowest BCUT2D eigenvalue weighted by atomic mass is 10.1. The number of rotatable bonds is 2. The summed E-state index contributed by atoms with van der Waals surface area (Å²) >= 11 is 0. The van der Waals surface area contributed by atoms with Gasteiger partial charge in [0.2, 0.25) is 0 Å². The third-order valence-electron chi connectivity index (χ3n) is 2.99. The SMILES string of the molecule is CN1C=CC(c2cnn(-c3ccccn3)c2C(F)(F)F)O1. The second-order valence-electron chi connectivity index (χ2n) is 4.46. The molecule has 0 saturated carbocycles. The molecule has 0 saturated heterocycles. The Morgan fingerprint density at radius 1 is 1.29 bits per heavy atom. The van der Waals surface area contributed by atoms with Gasteiger partial charge in [-0.3, -0.25) is 9.90 Å². The molecular formula is C13H11F3N4O. The fourth-order valence-electron chi connectivity index (χ4n) is 2.12. The van der Waals surface area contributed by atoms with Crippen molar-refractivity contribution in [3.05, 3.63) is 54.1 Å². The monoisotopic (exact) mass is 296 g/mol. The molecule has 0 bridgehead atoms. The van der Waals surface area contributed by atoms with E-state index < -0.39 is 18.0 Å². The van der Waals surface area contributed by atoms with Gasteiger partial charge in [-0.25, -0.2) is 9.67 Å². The van der Waals surface area contributed by atoms with E-state index >= 15 is 0 Å². The molecule has 0 amide bonds. The average Bonchev–Trinajstić information content (AvgIpc) is 3.04. The van der Waals surface area contributed by atoms with Crippen molar-refractivity contribution < 1.29 is 18.0 Å². The minimum Gasteiger partial charge on any atom is -0.264 e. The van der Waals surface area contributed by atoms with Gasteiger partial charge in [0.1, 0.15) is 6.10 Å². The van der Waals surface area contributed by atoms with E-state index in [1.54, 1.807) is 25.4 Å². The molecule has 1 aliphatic heterocycles. The van der Waals surface area contributed by atoms with Gasteiger partial charge in [0.05, 0.1) is 6.20 Å². The smallest absolute Gasteiger partial charge is 0.264 e. The topological polar surface area (TPSA) is 43.2 Å². The number of nitrogens with zero attached hydrogens (tertiary/aromatic N) is 4. The Kier molecular flexibility index (Phi) is 3.17. The third kappa shape index (κ3) is 2.49. The molecule has 110 valence electrons. The van der Waals surface area contributed by atoms with E-state index in [0.29, 0.717) is 0 Å². The first-order chi connectivity index (χ1) is 9.97. The van der Waals surface area contributed by atoms with Crippen LogP contribution in [0.25, 0.3) is 5.82 Å². The first-order valence-electron chi connectivity index (χ1n) is 6.11. The fraction of sp³-hybridized carbons (Fsp3) is 0.231. The molecule has 0 aromatic carbocycles. The maximum absolute atomic E-state index is 13.4. The minimum absolute atomic E-state index is 0.0475. The molecule has 1 atom stereocenters. The van der Waals surface area contributed by atoms with Crippen LogP contribution in [-0.4, -0.2) is 26.9 Å². The van der Waals surface area contributed by atoms with Crippen LogP contribution in [0.4, 0.5) is 13.2 Å². The largest absolute Gasteiger partial charge is 0.433 e. The highest BCUT2D eigenvalue weighted by atomic mass is 19.4. The molecule has 3 rings (SSSR count). The van der Waals surface area contributed by atoms with Crippen molar-refractivity contribution in [2.24, 2.45) is 0 Å². The van der Waals surface area contributed by atoms with Crippen molar-refractivity contribution in [1.82, 2.24) is 19.8 Å². The van der Waals surface area contributed by atoms with Crippen LogP contribution >= 0.6 is 0 Å². The van der Waals surface area contributed by atoms with Gasteiger partial charge in [0, 0.05) is 25.0 Å². The summed E-state index contributed by atoms with van der Waals surface area (Å²) in [5.74, 6) is 0.103. The van der Waals surface area contributed by atoms with E-state index in [1.807, 2.05) is 0 Å². The van der Waals surface area contributed by atoms with Crippen molar-refractivity contribution in [3.8, 4) is 5.82 Å². The lowest BCUT2D eigenvalue weighted by Crippen LogP contribution is -2.18. The zero-order valence-corrected chi connectivity index (χ0v) is 10.9. The van der Waals surface area contributed by atoms with Crippen molar-refractivity contribution in [2.45, 2.75) is 12.3 Å². The van der Waals surface area contributed by atoms with Crippen LogP contribution in [-0.2, 0) is 11.0 Å². The third-order valence-corrected chi connectivity index (χ3v) is 2.99. The first kappa shape index (κ1) is 13.6. The second kappa shape index (κ2) is 4.88.